The van der Waals surface area contributed by atoms with Gasteiger partial charge < -0.3 is 20.0 Å². The quantitative estimate of drug-likeness (QED) is 0.798. The van der Waals surface area contributed by atoms with Gasteiger partial charge in [0.25, 0.3) is 0 Å². The fourth-order valence-electron chi connectivity index (χ4n) is 3.51. The summed E-state index contributed by atoms with van der Waals surface area (Å²) in [5.74, 6) is -0.0920. The van der Waals surface area contributed by atoms with Crippen LogP contribution in [0.4, 0.5) is 10.5 Å². The van der Waals surface area contributed by atoms with E-state index in [1.807, 2.05) is 24.3 Å². The molecule has 0 radical (unpaired) electrons. The Labute approximate surface area is 134 Å². The lowest BCUT2D eigenvalue weighted by molar-refractivity contribution is -0.117. The molecule has 1 saturated heterocycles. The molecule has 0 unspecified atom stereocenters. The molecule has 3 rings (SSSR count). The van der Waals surface area contributed by atoms with E-state index >= 15 is 0 Å². The third-order valence-corrected chi connectivity index (χ3v) is 4.64. The van der Waals surface area contributed by atoms with Crippen LogP contribution < -0.4 is 4.90 Å². The van der Waals surface area contributed by atoms with Crippen molar-refractivity contribution in [1.82, 2.24) is 9.80 Å². The average Bonchev–Trinajstić information content (AvgIpc) is 2.54. The summed E-state index contributed by atoms with van der Waals surface area (Å²) in [7, 11) is 0. The minimum absolute atomic E-state index is 0.0920. The molecule has 124 valence electrons. The first kappa shape index (κ1) is 15.8. The lowest BCUT2D eigenvalue weighted by atomic mass is 9.92. The smallest absolute Gasteiger partial charge is 0.407 e. The molecule has 1 aromatic carbocycles. The van der Waals surface area contributed by atoms with Crippen LogP contribution >= 0.6 is 0 Å². The lowest BCUT2D eigenvalue weighted by Gasteiger charge is -2.45. The highest BCUT2D eigenvalue weighted by Gasteiger charge is 2.38. The summed E-state index contributed by atoms with van der Waals surface area (Å²) in [5, 5.41) is 19.7. The van der Waals surface area contributed by atoms with Gasteiger partial charge in [-0.15, -0.1) is 0 Å². The van der Waals surface area contributed by atoms with E-state index in [4.69, 9.17) is 5.11 Å². The average molecular weight is 319 g/mol. The Balaban J connectivity index is 1.86. The predicted octanol–water partition coefficient (Wildman–Crippen LogP) is 0.751. The van der Waals surface area contributed by atoms with Crippen LogP contribution in [0.3, 0.4) is 0 Å². The topological polar surface area (TPSA) is 84.3 Å². The molecule has 7 heteroatoms. The summed E-state index contributed by atoms with van der Waals surface area (Å²) in [4.78, 5) is 28.0. The number of fused-ring (bicyclic) bond motifs is 1. The molecular formula is C16H21N3O4. The molecule has 0 bridgehead atoms. The molecule has 2 aliphatic heterocycles. The second-order valence-corrected chi connectivity index (χ2v) is 6.01. The number of piperazine rings is 1. The molecule has 2 aliphatic rings. The maximum absolute atomic E-state index is 11.8. The van der Waals surface area contributed by atoms with Crippen LogP contribution in [-0.2, 0) is 4.79 Å². The standard InChI is InChI=1S/C16H21N3O4/c1-11(20)19-10-14(21)15(12-4-2-3-5-13(12)19)17-6-8-18(9-7-17)16(22)23/h2-5,14-15,21H,6-10H2,1H3,(H,22,23)/t14-,15-/m1/s1. The molecule has 23 heavy (non-hydrogen) atoms. The first-order chi connectivity index (χ1) is 11.0. The molecule has 2 atom stereocenters. The number of benzene rings is 1. The zero-order valence-corrected chi connectivity index (χ0v) is 13.1. The fraction of sp³-hybridized carbons (Fsp3) is 0.500. The Morgan fingerprint density at radius 2 is 1.78 bits per heavy atom. The summed E-state index contributed by atoms with van der Waals surface area (Å²) in [5.41, 5.74) is 1.75. The molecule has 2 heterocycles. The molecular weight excluding hydrogens is 298 g/mol. The highest BCUT2D eigenvalue weighted by atomic mass is 16.4. The number of carboxylic acid groups (broad SMARTS) is 1. The Morgan fingerprint density at radius 3 is 2.39 bits per heavy atom. The highest BCUT2D eigenvalue weighted by molar-refractivity contribution is 5.93. The minimum atomic E-state index is -0.906. The van der Waals surface area contributed by atoms with Crippen molar-refractivity contribution in [2.24, 2.45) is 0 Å². The number of carbonyl (C=O) groups is 2. The van der Waals surface area contributed by atoms with Crippen LogP contribution in [0.15, 0.2) is 24.3 Å². The van der Waals surface area contributed by atoms with Gasteiger partial charge >= 0.3 is 6.09 Å². The Kier molecular flexibility index (Phi) is 4.23. The predicted molar refractivity (Wildman–Crippen MR) is 84.4 cm³/mol. The number of aliphatic hydroxyl groups excluding tert-OH is 1. The van der Waals surface area contributed by atoms with Crippen LogP contribution in [0.2, 0.25) is 0 Å². The van der Waals surface area contributed by atoms with E-state index in [0.29, 0.717) is 26.2 Å². The zero-order chi connectivity index (χ0) is 16.6. The largest absolute Gasteiger partial charge is 0.465 e. The SMILES string of the molecule is CC(=O)N1C[C@@H](O)[C@H](N2CCN(C(=O)O)CC2)c2ccccc21. The van der Waals surface area contributed by atoms with Crippen molar-refractivity contribution < 1.29 is 19.8 Å². The van der Waals surface area contributed by atoms with Gasteiger partial charge in [0.1, 0.15) is 0 Å². The van der Waals surface area contributed by atoms with E-state index in [-0.39, 0.29) is 18.5 Å². The molecule has 2 amide bonds. The number of rotatable bonds is 1. The van der Waals surface area contributed by atoms with E-state index in [2.05, 4.69) is 4.90 Å². The second-order valence-electron chi connectivity index (χ2n) is 6.01. The summed E-state index contributed by atoms with van der Waals surface area (Å²) in [6, 6.07) is 7.39. The maximum Gasteiger partial charge on any atom is 0.407 e. The summed E-state index contributed by atoms with van der Waals surface area (Å²) >= 11 is 0. The van der Waals surface area contributed by atoms with E-state index in [1.54, 1.807) is 4.90 Å². The number of hydrogen-bond acceptors (Lipinski definition) is 4. The van der Waals surface area contributed by atoms with Crippen molar-refractivity contribution in [3.05, 3.63) is 29.8 Å². The summed E-state index contributed by atoms with van der Waals surface area (Å²) < 4.78 is 0. The number of carbonyl (C=O) groups excluding carboxylic acids is 1. The number of nitrogens with zero attached hydrogens (tertiary/aromatic N) is 3. The van der Waals surface area contributed by atoms with E-state index < -0.39 is 12.2 Å². The van der Waals surface area contributed by atoms with E-state index in [1.165, 1.54) is 11.8 Å². The van der Waals surface area contributed by atoms with Gasteiger partial charge in [0.05, 0.1) is 18.7 Å². The molecule has 0 aromatic heterocycles. The van der Waals surface area contributed by atoms with Gasteiger partial charge in [0.15, 0.2) is 0 Å². The number of aliphatic hydroxyl groups is 1. The van der Waals surface area contributed by atoms with Gasteiger partial charge in [0, 0.05) is 38.8 Å². The number of amides is 2. The normalized spacial score (nSPS) is 25.1. The molecule has 0 saturated carbocycles. The molecule has 0 aliphatic carbocycles. The monoisotopic (exact) mass is 319 g/mol. The third kappa shape index (κ3) is 2.89. The van der Waals surface area contributed by atoms with Crippen molar-refractivity contribution in [3.8, 4) is 0 Å². The molecule has 1 fully saturated rings. The van der Waals surface area contributed by atoms with Gasteiger partial charge in [-0.25, -0.2) is 4.79 Å². The first-order valence-corrected chi connectivity index (χ1v) is 7.76. The molecule has 2 N–H and O–H groups in total. The number of anilines is 1. The second kappa shape index (κ2) is 6.17. The fourth-order valence-corrected chi connectivity index (χ4v) is 3.51. The molecule has 1 aromatic rings. The van der Waals surface area contributed by atoms with Crippen LogP contribution in [0.5, 0.6) is 0 Å². The van der Waals surface area contributed by atoms with Crippen molar-refractivity contribution in [3.63, 3.8) is 0 Å². The highest BCUT2D eigenvalue weighted by Crippen LogP contribution is 2.37. The van der Waals surface area contributed by atoms with Gasteiger partial charge in [0.2, 0.25) is 5.91 Å². The maximum atomic E-state index is 11.8. The number of β-amino-alcohol motifs (C(OH)–C–C–N with tert-alkyl or cyclic N) is 1. The van der Waals surface area contributed by atoms with Gasteiger partial charge in [-0.2, -0.15) is 0 Å². The van der Waals surface area contributed by atoms with Crippen molar-refractivity contribution in [2.45, 2.75) is 19.1 Å². The number of para-hydroxylation sites is 1. The zero-order valence-electron chi connectivity index (χ0n) is 13.1. The lowest BCUT2D eigenvalue weighted by Crippen LogP contribution is -2.55. The van der Waals surface area contributed by atoms with Crippen molar-refractivity contribution in [1.29, 1.82) is 0 Å². The summed E-state index contributed by atoms with van der Waals surface area (Å²) in [6.45, 7) is 3.75. The van der Waals surface area contributed by atoms with E-state index in [9.17, 15) is 14.7 Å². The van der Waals surface area contributed by atoms with Crippen molar-refractivity contribution >= 4 is 17.7 Å². The first-order valence-electron chi connectivity index (χ1n) is 7.76. The van der Waals surface area contributed by atoms with Crippen LogP contribution in [0, 0.1) is 0 Å². The Morgan fingerprint density at radius 1 is 1.13 bits per heavy atom. The third-order valence-electron chi connectivity index (χ3n) is 4.64. The van der Waals surface area contributed by atoms with Crippen LogP contribution in [0.25, 0.3) is 0 Å². The summed E-state index contributed by atoms with van der Waals surface area (Å²) in [6.07, 6.45) is -1.60. The van der Waals surface area contributed by atoms with E-state index in [0.717, 1.165) is 11.3 Å². The van der Waals surface area contributed by atoms with Gasteiger partial charge in [-0.3, -0.25) is 9.69 Å². The Bertz CT molecular complexity index is 613. The van der Waals surface area contributed by atoms with Crippen LogP contribution in [0.1, 0.15) is 18.5 Å². The Hall–Kier alpha value is -2.12. The molecule has 7 nitrogen and oxygen atoms in total. The van der Waals surface area contributed by atoms with Crippen LogP contribution in [-0.4, -0.2) is 70.8 Å². The molecule has 0 spiro atoms. The minimum Gasteiger partial charge on any atom is -0.465 e. The van der Waals surface area contributed by atoms with Gasteiger partial charge in [-0.1, -0.05) is 18.2 Å². The van der Waals surface area contributed by atoms with Gasteiger partial charge in [-0.05, 0) is 11.6 Å². The van der Waals surface area contributed by atoms with Crippen molar-refractivity contribution in [2.75, 3.05) is 37.6 Å². The number of hydrogen-bond donors (Lipinski definition) is 2.